The van der Waals surface area contributed by atoms with E-state index < -0.39 is 0 Å². The number of nitrogens with zero attached hydrogens (tertiary/aromatic N) is 3. The number of benzene rings is 2. The van der Waals surface area contributed by atoms with Crippen molar-refractivity contribution < 1.29 is 4.79 Å². The predicted octanol–water partition coefficient (Wildman–Crippen LogP) is 3.24. The Labute approximate surface area is 157 Å². The molecular formula is C21H21N5O. The molecule has 0 saturated heterocycles. The Morgan fingerprint density at radius 1 is 1.15 bits per heavy atom. The van der Waals surface area contributed by atoms with Crippen molar-refractivity contribution in [2.24, 2.45) is 7.05 Å². The number of H-pyrrole nitrogens is 1. The van der Waals surface area contributed by atoms with Gasteiger partial charge in [0.15, 0.2) is 0 Å². The molecule has 0 fully saturated rings. The summed E-state index contributed by atoms with van der Waals surface area (Å²) in [5.41, 5.74) is 5.45. The molecule has 6 nitrogen and oxygen atoms in total. The van der Waals surface area contributed by atoms with E-state index in [1.165, 1.54) is 5.56 Å². The zero-order valence-corrected chi connectivity index (χ0v) is 15.4. The quantitative estimate of drug-likeness (QED) is 0.574. The molecule has 4 rings (SSSR count). The van der Waals surface area contributed by atoms with Gasteiger partial charge >= 0.3 is 0 Å². The van der Waals surface area contributed by atoms with E-state index in [9.17, 15) is 4.79 Å². The summed E-state index contributed by atoms with van der Waals surface area (Å²) in [6, 6.07) is 17.8. The van der Waals surface area contributed by atoms with Gasteiger partial charge in [-0.15, -0.1) is 0 Å². The number of aryl methyl sites for hydroxylation is 2. The van der Waals surface area contributed by atoms with E-state index in [2.05, 4.69) is 25.1 Å². The Kier molecular flexibility index (Phi) is 4.46. The molecule has 2 N–H and O–H groups in total. The van der Waals surface area contributed by atoms with Gasteiger partial charge in [-0.05, 0) is 25.1 Å². The maximum absolute atomic E-state index is 12.4. The number of carbonyl (C=O) groups excluding carboxylic acids is 1. The number of amides is 1. The molecule has 0 aliphatic heterocycles. The lowest BCUT2D eigenvalue weighted by Gasteiger charge is -2.04. The van der Waals surface area contributed by atoms with Gasteiger partial charge in [-0.25, -0.2) is 4.98 Å². The van der Waals surface area contributed by atoms with Crippen molar-refractivity contribution in [2.75, 3.05) is 6.54 Å². The van der Waals surface area contributed by atoms with Gasteiger partial charge in [0.25, 0.3) is 5.91 Å². The molecule has 0 bridgehead atoms. The fourth-order valence-corrected chi connectivity index (χ4v) is 3.11. The predicted molar refractivity (Wildman–Crippen MR) is 106 cm³/mol. The molecule has 2 aromatic carbocycles. The summed E-state index contributed by atoms with van der Waals surface area (Å²) in [5.74, 6) is 0.779. The topological polar surface area (TPSA) is 75.6 Å². The Hall–Kier alpha value is -3.41. The largest absolute Gasteiger partial charge is 0.350 e. The van der Waals surface area contributed by atoms with E-state index in [4.69, 9.17) is 0 Å². The van der Waals surface area contributed by atoms with Gasteiger partial charge in [-0.1, -0.05) is 42.0 Å². The van der Waals surface area contributed by atoms with Crippen molar-refractivity contribution in [3.05, 3.63) is 71.7 Å². The highest BCUT2D eigenvalue weighted by Crippen LogP contribution is 2.18. The van der Waals surface area contributed by atoms with Gasteiger partial charge in [0.2, 0.25) is 0 Å². The summed E-state index contributed by atoms with van der Waals surface area (Å²) in [6.07, 6.45) is 0.663. The minimum absolute atomic E-state index is 0.167. The molecule has 0 spiro atoms. The number of carbonyl (C=O) groups is 1. The van der Waals surface area contributed by atoms with Crippen molar-refractivity contribution in [2.45, 2.75) is 13.3 Å². The van der Waals surface area contributed by atoms with Gasteiger partial charge < -0.3 is 9.88 Å². The van der Waals surface area contributed by atoms with Gasteiger partial charge in [0.1, 0.15) is 11.5 Å². The van der Waals surface area contributed by atoms with Crippen molar-refractivity contribution in [3.63, 3.8) is 0 Å². The fourth-order valence-electron chi connectivity index (χ4n) is 3.11. The molecule has 4 aromatic rings. The number of nitrogens with one attached hydrogen (secondary N) is 2. The molecule has 0 atom stereocenters. The van der Waals surface area contributed by atoms with Crippen LogP contribution in [0.1, 0.15) is 21.9 Å². The molecule has 0 unspecified atom stereocenters. The second-order valence-electron chi connectivity index (χ2n) is 6.61. The van der Waals surface area contributed by atoms with Crippen LogP contribution in [0.3, 0.4) is 0 Å². The van der Waals surface area contributed by atoms with E-state index in [0.29, 0.717) is 18.7 Å². The van der Waals surface area contributed by atoms with E-state index in [1.54, 1.807) is 6.07 Å². The number of imidazole rings is 1. The van der Waals surface area contributed by atoms with E-state index >= 15 is 0 Å². The van der Waals surface area contributed by atoms with Gasteiger partial charge in [-0.3, -0.25) is 9.89 Å². The van der Waals surface area contributed by atoms with Crippen LogP contribution < -0.4 is 5.32 Å². The summed E-state index contributed by atoms with van der Waals surface area (Å²) in [5, 5.41) is 9.99. The third-order valence-corrected chi connectivity index (χ3v) is 4.68. The van der Waals surface area contributed by atoms with Crippen LogP contribution in [-0.4, -0.2) is 32.2 Å². The lowest BCUT2D eigenvalue weighted by atomic mass is 10.1. The zero-order chi connectivity index (χ0) is 18.8. The molecule has 0 aliphatic carbocycles. The maximum Gasteiger partial charge on any atom is 0.269 e. The SMILES string of the molecule is Cc1ccc(-c2cc(C(=O)NCCc3nc4ccccc4n3C)[nH]n2)cc1. The van der Waals surface area contributed by atoms with Crippen LogP contribution in [0.2, 0.25) is 0 Å². The summed E-state index contributed by atoms with van der Waals surface area (Å²) < 4.78 is 2.06. The number of hydrogen-bond donors (Lipinski definition) is 2. The van der Waals surface area contributed by atoms with E-state index in [-0.39, 0.29) is 5.91 Å². The molecular weight excluding hydrogens is 338 g/mol. The molecule has 6 heteroatoms. The van der Waals surface area contributed by atoms with E-state index in [0.717, 1.165) is 28.1 Å². The van der Waals surface area contributed by atoms with Crippen molar-refractivity contribution >= 4 is 16.9 Å². The summed E-state index contributed by atoms with van der Waals surface area (Å²) >= 11 is 0. The standard InChI is InChI=1S/C21H21N5O/c1-14-7-9-15(10-8-14)17-13-18(25-24-17)21(27)22-12-11-20-23-16-5-3-4-6-19(16)26(20)2/h3-10,13H,11-12H2,1-2H3,(H,22,27)(H,24,25). The number of aromatic amines is 1. The molecule has 2 heterocycles. The average Bonchev–Trinajstić information content (AvgIpc) is 3.29. The summed E-state index contributed by atoms with van der Waals surface area (Å²) in [4.78, 5) is 17.0. The lowest BCUT2D eigenvalue weighted by Crippen LogP contribution is -2.26. The number of aromatic nitrogens is 4. The number of fused-ring (bicyclic) bond motifs is 1. The molecule has 1 amide bonds. The normalized spacial score (nSPS) is 11.0. The average molecular weight is 359 g/mol. The maximum atomic E-state index is 12.4. The molecule has 2 aromatic heterocycles. The highest BCUT2D eigenvalue weighted by Gasteiger charge is 2.12. The number of hydrogen-bond acceptors (Lipinski definition) is 3. The van der Waals surface area contributed by atoms with Crippen LogP contribution in [-0.2, 0) is 13.5 Å². The minimum Gasteiger partial charge on any atom is -0.350 e. The monoisotopic (exact) mass is 359 g/mol. The van der Waals surface area contributed by atoms with Crippen LogP contribution in [0.5, 0.6) is 0 Å². The Balaban J connectivity index is 1.39. The van der Waals surface area contributed by atoms with Crippen LogP contribution in [0.4, 0.5) is 0 Å². The van der Waals surface area contributed by atoms with Crippen LogP contribution in [0, 0.1) is 6.92 Å². The molecule has 136 valence electrons. The van der Waals surface area contributed by atoms with Gasteiger partial charge in [-0.2, -0.15) is 5.10 Å². The Morgan fingerprint density at radius 2 is 1.93 bits per heavy atom. The Morgan fingerprint density at radius 3 is 2.70 bits per heavy atom. The van der Waals surface area contributed by atoms with Gasteiger partial charge in [0, 0.05) is 25.6 Å². The van der Waals surface area contributed by atoms with Crippen molar-refractivity contribution in [1.29, 1.82) is 0 Å². The van der Waals surface area contributed by atoms with Crippen LogP contribution >= 0.6 is 0 Å². The molecule has 0 aliphatic rings. The summed E-state index contributed by atoms with van der Waals surface area (Å²) in [6.45, 7) is 2.55. The Bertz CT molecular complexity index is 1090. The van der Waals surface area contributed by atoms with E-state index in [1.807, 2.05) is 62.5 Å². The highest BCUT2D eigenvalue weighted by atomic mass is 16.1. The molecule has 0 saturated carbocycles. The second-order valence-corrected chi connectivity index (χ2v) is 6.61. The smallest absolute Gasteiger partial charge is 0.269 e. The number of para-hydroxylation sites is 2. The first-order chi connectivity index (χ1) is 13.1. The zero-order valence-electron chi connectivity index (χ0n) is 15.4. The lowest BCUT2D eigenvalue weighted by molar-refractivity contribution is 0.0949. The third kappa shape index (κ3) is 3.46. The van der Waals surface area contributed by atoms with Crippen LogP contribution in [0.15, 0.2) is 54.6 Å². The van der Waals surface area contributed by atoms with Crippen molar-refractivity contribution in [3.8, 4) is 11.3 Å². The van der Waals surface area contributed by atoms with Gasteiger partial charge in [0.05, 0.1) is 16.7 Å². The first-order valence-corrected chi connectivity index (χ1v) is 8.93. The summed E-state index contributed by atoms with van der Waals surface area (Å²) in [7, 11) is 2.00. The highest BCUT2D eigenvalue weighted by molar-refractivity contribution is 5.93. The fraction of sp³-hybridized carbons (Fsp3) is 0.190. The molecule has 0 radical (unpaired) electrons. The number of rotatable bonds is 5. The first kappa shape index (κ1) is 17.0. The van der Waals surface area contributed by atoms with Crippen LogP contribution in [0.25, 0.3) is 22.3 Å². The van der Waals surface area contributed by atoms with Crippen molar-refractivity contribution in [1.82, 2.24) is 25.1 Å². The molecule has 27 heavy (non-hydrogen) atoms. The third-order valence-electron chi connectivity index (χ3n) is 4.68. The first-order valence-electron chi connectivity index (χ1n) is 8.93. The minimum atomic E-state index is -0.167. The second kappa shape index (κ2) is 7.07.